The third kappa shape index (κ3) is 3.32. The van der Waals surface area contributed by atoms with E-state index in [4.69, 9.17) is 5.73 Å². The first-order chi connectivity index (χ1) is 7.04. The molecule has 0 atom stereocenters. The van der Waals surface area contributed by atoms with Gasteiger partial charge in [0.05, 0.1) is 0 Å². The second-order valence-electron chi connectivity index (χ2n) is 3.53. The van der Waals surface area contributed by atoms with Crippen LogP contribution in [0.15, 0.2) is 22.7 Å². The topological polar surface area (TPSA) is 46.3 Å². The van der Waals surface area contributed by atoms with E-state index in [1.165, 1.54) is 0 Å². The molecule has 0 aromatic heterocycles. The molecular formula is C11H15BrN2O. The standard InChI is InChI=1S/C11H15BrN2O/c1-8-5-9(7-10(12)6-8)11(15)14(2)4-3-13/h5-7H,3-4,13H2,1-2H3. The van der Waals surface area contributed by atoms with Gasteiger partial charge in [0, 0.05) is 30.2 Å². The van der Waals surface area contributed by atoms with E-state index in [2.05, 4.69) is 15.9 Å². The normalized spacial score (nSPS) is 10.1. The smallest absolute Gasteiger partial charge is 0.253 e. The molecule has 0 saturated heterocycles. The molecule has 0 saturated carbocycles. The van der Waals surface area contributed by atoms with Crippen molar-refractivity contribution in [2.45, 2.75) is 6.92 Å². The molecule has 1 aromatic carbocycles. The highest BCUT2D eigenvalue weighted by Gasteiger charge is 2.11. The minimum atomic E-state index is 0.00449. The van der Waals surface area contributed by atoms with Gasteiger partial charge in [-0.2, -0.15) is 0 Å². The van der Waals surface area contributed by atoms with Crippen molar-refractivity contribution in [1.82, 2.24) is 4.90 Å². The molecule has 4 heteroatoms. The van der Waals surface area contributed by atoms with Crippen LogP contribution in [-0.2, 0) is 0 Å². The fourth-order valence-electron chi connectivity index (χ4n) is 1.38. The van der Waals surface area contributed by atoms with Crippen LogP contribution in [-0.4, -0.2) is 30.9 Å². The lowest BCUT2D eigenvalue weighted by molar-refractivity contribution is 0.0799. The largest absolute Gasteiger partial charge is 0.340 e. The average molecular weight is 271 g/mol. The van der Waals surface area contributed by atoms with Crippen molar-refractivity contribution >= 4 is 21.8 Å². The number of aryl methyl sites for hydroxylation is 1. The summed E-state index contributed by atoms with van der Waals surface area (Å²) in [7, 11) is 1.76. The van der Waals surface area contributed by atoms with E-state index in [1.807, 2.05) is 25.1 Å². The third-order valence-corrected chi connectivity index (χ3v) is 2.56. The third-order valence-electron chi connectivity index (χ3n) is 2.10. The van der Waals surface area contributed by atoms with Crippen LogP contribution in [0.25, 0.3) is 0 Å². The summed E-state index contributed by atoms with van der Waals surface area (Å²) in [6, 6.07) is 5.67. The maximum absolute atomic E-state index is 11.9. The number of hydrogen-bond donors (Lipinski definition) is 1. The average Bonchev–Trinajstić information content (AvgIpc) is 2.15. The minimum Gasteiger partial charge on any atom is -0.340 e. The highest BCUT2D eigenvalue weighted by Crippen LogP contribution is 2.16. The van der Waals surface area contributed by atoms with E-state index in [9.17, 15) is 4.79 Å². The lowest BCUT2D eigenvalue weighted by Gasteiger charge is -2.16. The molecule has 0 unspecified atom stereocenters. The van der Waals surface area contributed by atoms with Gasteiger partial charge in [0.25, 0.3) is 5.91 Å². The molecule has 82 valence electrons. The maximum atomic E-state index is 11.9. The zero-order valence-corrected chi connectivity index (χ0v) is 10.5. The van der Waals surface area contributed by atoms with Gasteiger partial charge in [-0.15, -0.1) is 0 Å². The minimum absolute atomic E-state index is 0.00449. The van der Waals surface area contributed by atoms with E-state index < -0.39 is 0 Å². The summed E-state index contributed by atoms with van der Waals surface area (Å²) in [6.45, 7) is 3.02. The Balaban J connectivity index is 2.90. The zero-order valence-electron chi connectivity index (χ0n) is 8.96. The summed E-state index contributed by atoms with van der Waals surface area (Å²) in [5.41, 5.74) is 7.16. The Labute approximate surface area is 98.4 Å². The quantitative estimate of drug-likeness (QED) is 0.911. The van der Waals surface area contributed by atoms with Crippen molar-refractivity contribution in [3.05, 3.63) is 33.8 Å². The van der Waals surface area contributed by atoms with Gasteiger partial charge in [-0.3, -0.25) is 4.79 Å². The number of halogens is 1. The second kappa shape index (κ2) is 5.28. The van der Waals surface area contributed by atoms with Crippen molar-refractivity contribution in [2.75, 3.05) is 20.1 Å². The van der Waals surface area contributed by atoms with Crippen molar-refractivity contribution in [2.24, 2.45) is 5.73 Å². The molecule has 0 aliphatic carbocycles. The Morgan fingerprint density at radius 1 is 1.47 bits per heavy atom. The fourth-order valence-corrected chi connectivity index (χ4v) is 1.98. The Hall–Kier alpha value is -0.870. The van der Waals surface area contributed by atoms with Gasteiger partial charge in [-0.1, -0.05) is 15.9 Å². The van der Waals surface area contributed by atoms with Gasteiger partial charge in [-0.05, 0) is 30.7 Å². The zero-order chi connectivity index (χ0) is 11.4. The van der Waals surface area contributed by atoms with Crippen LogP contribution in [0.4, 0.5) is 0 Å². The Morgan fingerprint density at radius 3 is 2.67 bits per heavy atom. The molecule has 15 heavy (non-hydrogen) atoms. The van der Waals surface area contributed by atoms with Gasteiger partial charge in [0.1, 0.15) is 0 Å². The Morgan fingerprint density at radius 2 is 2.13 bits per heavy atom. The molecule has 1 aromatic rings. The van der Waals surface area contributed by atoms with E-state index >= 15 is 0 Å². The van der Waals surface area contributed by atoms with Crippen LogP contribution >= 0.6 is 15.9 Å². The molecule has 1 amide bonds. The Bertz CT molecular complexity index is 345. The summed E-state index contributed by atoms with van der Waals surface area (Å²) >= 11 is 3.37. The number of benzene rings is 1. The lowest BCUT2D eigenvalue weighted by atomic mass is 10.1. The first-order valence-electron chi connectivity index (χ1n) is 4.77. The highest BCUT2D eigenvalue weighted by atomic mass is 79.9. The van der Waals surface area contributed by atoms with Crippen molar-refractivity contribution in [3.63, 3.8) is 0 Å². The number of hydrogen-bond acceptors (Lipinski definition) is 2. The number of rotatable bonds is 3. The lowest BCUT2D eigenvalue weighted by Crippen LogP contribution is -2.31. The fraction of sp³-hybridized carbons (Fsp3) is 0.364. The van der Waals surface area contributed by atoms with Gasteiger partial charge in [-0.25, -0.2) is 0 Å². The van der Waals surface area contributed by atoms with Gasteiger partial charge in [0.15, 0.2) is 0 Å². The van der Waals surface area contributed by atoms with Crippen LogP contribution in [0.5, 0.6) is 0 Å². The van der Waals surface area contributed by atoms with Crippen molar-refractivity contribution in [3.8, 4) is 0 Å². The number of nitrogens with two attached hydrogens (primary N) is 1. The summed E-state index contributed by atoms with van der Waals surface area (Å²) in [5.74, 6) is 0.00449. The molecule has 2 N–H and O–H groups in total. The molecule has 0 fully saturated rings. The molecular weight excluding hydrogens is 256 g/mol. The van der Waals surface area contributed by atoms with Gasteiger partial charge >= 0.3 is 0 Å². The highest BCUT2D eigenvalue weighted by molar-refractivity contribution is 9.10. The van der Waals surface area contributed by atoms with Crippen molar-refractivity contribution < 1.29 is 4.79 Å². The molecule has 0 aliphatic heterocycles. The number of carbonyl (C=O) groups excluding carboxylic acids is 1. The molecule has 1 rings (SSSR count). The molecule has 0 heterocycles. The SMILES string of the molecule is Cc1cc(Br)cc(C(=O)N(C)CCN)c1. The Kier molecular flexibility index (Phi) is 4.29. The predicted molar refractivity (Wildman–Crippen MR) is 64.9 cm³/mol. The predicted octanol–water partition coefficient (Wildman–Crippen LogP) is 1.79. The summed E-state index contributed by atoms with van der Waals surface area (Å²) in [4.78, 5) is 13.5. The van der Waals surface area contributed by atoms with Crippen LogP contribution in [0.3, 0.4) is 0 Å². The summed E-state index contributed by atoms with van der Waals surface area (Å²) < 4.78 is 0.923. The van der Waals surface area contributed by atoms with E-state index in [1.54, 1.807) is 11.9 Å². The van der Waals surface area contributed by atoms with Crippen LogP contribution in [0.2, 0.25) is 0 Å². The summed E-state index contributed by atoms with van der Waals surface area (Å²) in [6.07, 6.45) is 0. The first-order valence-corrected chi connectivity index (χ1v) is 5.56. The maximum Gasteiger partial charge on any atom is 0.253 e. The monoisotopic (exact) mass is 270 g/mol. The number of likely N-dealkylation sites (N-methyl/N-ethyl adjacent to an activating group) is 1. The van der Waals surface area contributed by atoms with Crippen LogP contribution in [0, 0.1) is 6.92 Å². The summed E-state index contributed by atoms with van der Waals surface area (Å²) in [5, 5.41) is 0. The van der Waals surface area contributed by atoms with E-state index in [0.717, 1.165) is 10.0 Å². The molecule has 0 radical (unpaired) electrons. The van der Waals surface area contributed by atoms with Crippen molar-refractivity contribution in [1.29, 1.82) is 0 Å². The van der Waals surface area contributed by atoms with E-state index in [-0.39, 0.29) is 5.91 Å². The first kappa shape index (κ1) is 12.2. The van der Waals surface area contributed by atoms with Crippen LogP contribution < -0.4 is 5.73 Å². The second-order valence-corrected chi connectivity index (χ2v) is 4.45. The van der Waals surface area contributed by atoms with Gasteiger partial charge < -0.3 is 10.6 Å². The van der Waals surface area contributed by atoms with Crippen LogP contribution in [0.1, 0.15) is 15.9 Å². The molecule has 0 spiro atoms. The molecule has 3 nitrogen and oxygen atoms in total. The number of amides is 1. The molecule has 0 bridgehead atoms. The number of carbonyl (C=O) groups is 1. The van der Waals surface area contributed by atoms with E-state index in [0.29, 0.717) is 18.7 Å². The van der Waals surface area contributed by atoms with Gasteiger partial charge in [0.2, 0.25) is 0 Å². The number of nitrogens with zero attached hydrogens (tertiary/aromatic N) is 1. The molecule has 0 aliphatic rings.